The number of hydrogen-bond acceptors (Lipinski definition) is 10. The van der Waals surface area contributed by atoms with Crippen molar-refractivity contribution in [2.45, 2.75) is 0 Å². The lowest BCUT2D eigenvalue weighted by Crippen LogP contribution is -2.61. The Morgan fingerprint density at radius 1 is 0.500 bits per heavy atom. The van der Waals surface area contributed by atoms with E-state index in [1.807, 2.05) is 12.4 Å². The summed E-state index contributed by atoms with van der Waals surface area (Å²) in [5, 5.41) is 78.3. The molecule has 12 heteroatoms. The van der Waals surface area contributed by atoms with Crippen LogP contribution in [0.3, 0.4) is 0 Å². The van der Waals surface area contributed by atoms with Gasteiger partial charge in [0, 0.05) is 0 Å². The van der Waals surface area contributed by atoms with Crippen molar-refractivity contribution in [3.8, 4) is 0 Å². The van der Waals surface area contributed by atoms with Gasteiger partial charge in [-0.05, 0) is 0 Å². The van der Waals surface area contributed by atoms with E-state index in [0.29, 0.717) is 11.4 Å². The lowest BCUT2D eigenvalue weighted by molar-refractivity contribution is -0.909. The Kier molecular flexibility index (Phi) is 13.9. The first-order valence-corrected chi connectivity index (χ1v) is 11.8. The van der Waals surface area contributed by atoms with Crippen molar-refractivity contribution in [1.82, 2.24) is 0 Å². The Balaban J connectivity index is 3.76. The Bertz CT molecular complexity index is 578. The quantitative estimate of drug-likeness (QED) is 0.0826. The van der Waals surface area contributed by atoms with E-state index in [1.54, 1.807) is 0 Å². The Labute approximate surface area is 201 Å². The molecule has 200 valence electrons. The van der Waals surface area contributed by atoms with Gasteiger partial charge >= 0.3 is 0 Å². The van der Waals surface area contributed by atoms with Crippen LogP contribution >= 0.6 is 0 Å². The molecule has 0 aromatic heterocycles. The zero-order valence-corrected chi connectivity index (χ0v) is 20.0. The number of quaternary nitrogens is 2. The van der Waals surface area contributed by atoms with Crippen LogP contribution in [0.2, 0.25) is 0 Å². The SMILES string of the molecule is NCC1=C[N+](CC(CO)CO)(CC(CO)CO)C=C(CN)[N+]1(CC(CO)CO)CC(CO)CO. The lowest BCUT2D eigenvalue weighted by atomic mass is 9.98. The normalized spacial score (nSPS) is 17.7. The molecule has 0 atom stereocenters. The number of aliphatic hydroxyl groups excluding tert-OH is 8. The summed E-state index contributed by atoms with van der Waals surface area (Å²) < 4.78 is 0.0961. The van der Waals surface area contributed by atoms with Crippen LogP contribution in [0.25, 0.3) is 0 Å². The molecule has 12 N–H and O–H groups in total. The third-order valence-corrected chi connectivity index (χ3v) is 6.73. The number of nitrogens with two attached hydrogens (primary N) is 2. The smallest absolute Gasteiger partial charge is 0.182 e. The second-order valence-corrected chi connectivity index (χ2v) is 9.37. The molecule has 0 fully saturated rings. The molecule has 12 nitrogen and oxygen atoms in total. The fourth-order valence-electron chi connectivity index (χ4n) is 4.86. The molecule has 0 saturated heterocycles. The van der Waals surface area contributed by atoms with Gasteiger partial charge in [0.25, 0.3) is 0 Å². The zero-order chi connectivity index (χ0) is 25.8. The summed E-state index contributed by atoms with van der Waals surface area (Å²) in [7, 11) is 0. The van der Waals surface area contributed by atoms with Crippen molar-refractivity contribution in [2.24, 2.45) is 35.1 Å². The highest BCUT2D eigenvalue weighted by molar-refractivity contribution is 5.08. The Morgan fingerprint density at radius 2 is 0.765 bits per heavy atom. The number of nitrogens with zero attached hydrogens (tertiary/aromatic N) is 2. The molecule has 1 rings (SSSR count). The van der Waals surface area contributed by atoms with Gasteiger partial charge < -0.3 is 52.3 Å². The Morgan fingerprint density at radius 3 is 1.00 bits per heavy atom. The number of hydrogen-bond donors (Lipinski definition) is 10. The van der Waals surface area contributed by atoms with Gasteiger partial charge in [0.15, 0.2) is 23.8 Å². The van der Waals surface area contributed by atoms with Gasteiger partial charge in [-0.15, -0.1) is 0 Å². The summed E-state index contributed by atoms with van der Waals surface area (Å²) in [6.07, 6.45) is 3.71. The topological polar surface area (TPSA) is 214 Å². The van der Waals surface area contributed by atoms with E-state index in [9.17, 15) is 40.9 Å². The molecule has 0 saturated carbocycles. The van der Waals surface area contributed by atoms with Gasteiger partial charge in [0.2, 0.25) is 0 Å². The van der Waals surface area contributed by atoms with Crippen LogP contribution in [0.15, 0.2) is 23.8 Å². The maximum atomic E-state index is 9.82. The molecule has 0 spiro atoms. The zero-order valence-electron chi connectivity index (χ0n) is 20.0. The summed E-state index contributed by atoms with van der Waals surface area (Å²) in [6, 6.07) is 0. The molecule has 1 heterocycles. The predicted octanol–water partition coefficient (Wildman–Crippen LogP) is -4.36. The minimum Gasteiger partial charge on any atom is -0.396 e. The van der Waals surface area contributed by atoms with E-state index < -0.39 is 23.7 Å². The number of aliphatic hydroxyl groups is 8. The van der Waals surface area contributed by atoms with E-state index >= 15 is 0 Å². The minimum atomic E-state index is -0.520. The highest BCUT2D eigenvalue weighted by Crippen LogP contribution is 2.37. The molecule has 0 aromatic rings. The van der Waals surface area contributed by atoms with E-state index in [0.717, 1.165) is 0 Å². The van der Waals surface area contributed by atoms with Crippen LogP contribution in [0, 0.1) is 23.7 Å². The van der Waals surface area contributed by atoms with Crippen molar-refractivity contribution in [3.05, 3.63) is 23.8 Å². The molecule has 1 aliphatic rings. The average Bonchev–Trinajstić information content (AvgIpc) is 2.88. The average molecular weight is 495 g/mol. The highest BCUT2D eigenvalue weighted by atomic mass is 16.3. The molecular weight excluding hydrogens is 448 g/mol. The summed E-state index contributed by atoms with van der Waals surface area (Å²) in [5.41, 5.74) is 13.7. The maximum Gasteiger partial charge on any atom is 0.182 e. The van der Waals surface area contributed by atoms with Crippen LogP contribution in [-0.4, -0.2) is 142 Å². The van der Waals surface area contributed by atoms with Gasteiger partial charge in [0.05, 0.1) is 116 Å². The van der Waals surface area contributed by atoms with Crippen molar-refractivity contribution in [3.63, 3.8) is 0 Å². The summed E-state index contributed by atoms with van der Waals surface area (Å²) in [5.74, 6) is -2.02. The van der Waals surface area contributed by atoms with Crippen molar-refractivity contribution >= 4 is 0 Å². The third kappa shape index (κ3) is 7.50. The van der Waals surface area contributed by atoms with E-state index in [2.05, 4.69) is 0 Å². The van der Waals surface area contributed by atoms with Gasteiger partial charge in [-0.1, -0.05) is 0 Å². The summed E-state index contributed by atoms with van der Waals surface area (Å²) in [4.78, 5) is 0. The maximum absolute atomic E-state index is 9.82. The molecule has 34 heavy (non-hydrogen) atoms. The second-order valence-electron chi connectivity index (χ2n) is 9.37. The van der Waals surface area contributed by atoms with Gasteiger partial charge in [-0.25, -0.2) is 0 Å². The molecule has 0 radical (unpaired) electrons. The van der Waals surface area contributed by atoms with E-state index in [4.69, 9.17) is 11.5 Å². The van der Waals surface area contributed by atoms with Crippen LogP contribution in [-0.2, 0) is 0 Å². The third-order valence-electron chi connectivity index (χ3n) is 6.73. The molecule has 0 aliphatic carbocycles. The first kappa shape index (κ1) is 31.0. The fourth-order valence-corrected chi connectivity index (χ4v) is 4.86. The largest absolute Gasteiger partial charge is 0.396 e. The van der Waals surface area contributed by atoms with Crippen LogP contribution < -0.4 is 11.5 Å². The van der Waals surface area contributed by atoms with Gasteiger partial charge in [0.1, 0.15) is 0 Å². The molecule has 0 amide bonds. The first-order chi connectivity index (χ1) is 16.3. The van der Waals surface area contributed by atoms with Gasteiger partial charge in [-0.2, -0.15) is 0 Å². The summed E-state index contributed by atoms with van der Waals surface area (Å²) >= 11 is 0. The van der Waals surface area contributed by atoms with Crippen molar-refractivity contribution in [1.29, 1.82) is 0 Å². The van der Waals surface area contributed by atoms with Crippen molar-refractivity contribution < 1.29 is 49.8 Å². The second kappa shape index (κ2) is 15.2. The van der Waals surface area contributed by atoms with E-state index in [-0.39, 0.29) is 101 Å². The highest BCUT2D eigenvalue weighted by Gasteiger charge is 2.49. The van der Waals surface area contributed by atoms with Crippen molar-refractivity contribution in [2.75, 3.05) is 92.1 Å². The van der Waals surface area contributed by atoms with E-state index in [1.165, 1.54) is 0 Å². The monoisotopic (exact) mass is 494 g/mol. The Hall–Kier alpha value is -1.00. The fraction of sp³-hybridized carbons (Fsp3) is 0.818. The molecule has 0 bridgehead atoms. The summed E-state index contributed by atoms with van der Waals surface area (Å²) in [6.45, 7) is -1.18. The molecule has 1 aliphatic heterocycles. The number of rotatable bonds is 18. The predicted molar refractivity (Wildman–Crippen MR) is 125 cm³/mol. The molecular formula is C22H46N4O8+2. The molecule has 0 unspecified atom stereocenters. The molecule has 0 aromatic carbocycles. The standard InChI is InChI=1S/C22H46N4O8/c23-1-21-7-25(3-17(9-27)10-28,4-18(11-29)12-30)8-22(2-24)26(21,5-19(13-31)14-32)6-20(15-33)16-34/h7-8,17-20,27-34H,1-6,9-16,23-24H2/q+2. The van der Waals surface area contributed by atoms with Crippen LogP contribution in [0.5, 0.6) is 0 Å². The van der Waals surface area contributed by atoms with Gasteiger partial charge in [-0.3, -0.25) is 8.97 Å². The van der Waals surface area contributed by atoms with Crippen LogP contribution in [0.1, 0.15) is 0 Å². The lowest BCUT2D eigenvalue weighted by Gasteiger charge is -2.48. The minimum absolute atomic E-state index is 0.0381. The van der Waals surface area contributed by atoms with Crippen LogP contribution in [0.4, 0.5) is 0 Å². The first-order valence-electron chi connectivity index (χ1n) is 11.8.